The van der Waals surface area contributed by atoms with E-state index in [0.717, 1.165) is 23.6 Å². The van der Waals surface area contributed by atoms with E-state index in [1.165, 1.54) is 18.4 Å². The number of rotatable bonds is 4. The van der Waals surface area contributed by atoms with Crippen molar-refractivity contribution in [3.8, 4) is 0 Å². The van der Waals surface area contributed by atoms with Crippen LogP contribution in [-0.4, -0.2) is 9.55 Å². The van der Waals surface area contributed by atoms with Gasteiger partial charge in [0.05, 0.1) is 17.6 Å². The molecule has 0 amide bonds. The Labute approximate surface area is 118 Å². The molecule has 1 saturated carbocycles. The van der Waals surface area contributed by atoms with Crippen molar-refractivity contribution in [1.29, 1.82) is 0 Å². The maximum Gasteiger partial charge on any atom is 0.129 e. The zero-order valence-electron chi connectivity index (χ0n) is 11.3. The van der Waals surface area contributed by atoms with Crippen LogP contribution in [-0.2, 0) is 6.54 Å². The third-order valence-electron chi connectivity index (χ3n) is 3.81. The summed E-state index contributed by atoms with van der Waals surface area (Å²) < 4.78 is 2.41. The summed E-state index contributed by atoms with van der Waals surface area (Å²) in [4.78, 5) is 4.79. The third-order valence-corrected chi connectivity index (χ3v) is 3.81. The molecule has 2 aromatic carbocycles. The van der Waals surface area contributed by atoms with E-state index in [9.17, 15) is 0 Å². The lowest BCUT2D eigenvalue weighted by molar-refractivity contribution is 0.711. The second kappa shape index (κ2) is 4.67. The highest BCUT2D eigenvalue weighted by Crippen LogP contribution is 2.38. The topological polar surface area (TPSA) is 29.9 Å². The zero-order chi connectivity index (χ0) is 13.4. The molecule has 100 valence electrons. The van der Waals surface area contributed by atoms with Gasteiger partial charge >= 0.3 is 0 Å². The normalized spacial score (nSPS) is 14.6. The van der Waals surface area contributed by atoms with Gasteiger partial charge in [-0.2, -0.15) is 0 Å². The van der Waals surface area contributed by atoms with Gasteiger partial charge in [0.2, 0.25) is 0 Å². The van der Waals surface area contributed by atoms with Crippen molar-refractivity contribution in [2.75, 3.05) is 5.32 Å². The van der Waals surface area contributed by atoms with Crippen LogP contribution in [0.4, 0.5) is 5.69 Å². The van der Waals surface area contributed by atoms with Crippen molar-refractivity contribution in [1.82, 2.24) is 9.55 Å². The summed E-state index contributed by atoms with van der Waals surface area (Å²) in [5.41, 5.74) is 3.51. The van der Waals surface area contributed by atoms with Crippen molar-refractivity contribution in [3.05, 3.63) is 60.4 Å². The minimum absolute atomic E-state index is 0.648. The molecule has 1 aliphatic rings. The Morgan fingerprint density at radius 2 is 1.75 bits per heavy atom. The van der Waals surface area contributed by atoms with Crippen LogP contribution in [0.1, 0.15) is 24.7 Å². The van der Waals surface area contributed by atoms with Gasteiger partial charge in [-0.3, -0.25) is 0 Å². The number of aromatic nitrogens is 2. The molecular formula is C17H17N3. The van der Waals surface area contributed by atoms with E-state index in [2.05, 4.69) is 46.3 Å². The molecule has 0 bridgehead atoms. The number of fused-ring (bicyclic) bond motifs is 1. The zero-order valence-corrected chi connectivity index (χ0v) is 11.3. The van der Waals surface area contributed by atoms with Gasteiger partial charge in [-0.1, -0.05) is 30.3 Å². The summed E-state index contributed by atoms with van der Waals surface area (Å²) in [5, 5.41) is 3.46. The fraction of sp³-hybridized carbons (Fsp3) is 0.235. The standard InChI is InChI=1S/C17H17N3/c1-2-6-13(7-3-1)18-12-17-19-15-8-4-5-9-16(15)20(17)14-10-11-14/h1-9,14,18H,10-12H2. The molecule has 1 fully saturated rings. The van der Waals surface area contributed by atoms with Gasteiger partial charge in [-0.15, -0.1) is 0 Å². The second-order valence-electron chi connectivity index (χ2n) is 5.34. The molecule has 1 aromatic heterocycles. The van der Waals surface area contributed by atoms with Crippen LogP contribution in [0.15, 0.2) is 54.6 Å². The molecule has 1 N–H and O–H groups in total. The van der Waals surface area contributed by atoms with Crippen molar-refractivity contribution in [3.63, 3.8) is 0 Å². The van der Waals surface area contributed by atoms with Gasteiger partial charge in [-0.05, 0) is 37.1 Å². The summed E-state index contributed by atoms with van der Waals surface area (Å²) in [6, 6.07) is 19.4. The van der Waals surface area contributed by atoms with Crippen molar-refractivity contribution >= 4 is 16.7 Å². The number of nitrogens with one attached hydrogen (secondary N) is 1. The highest BCUT2D eigenvalue weighted by molar-refractivity contribution is 5.76. The molecule has 0 saturated heterocycles. The van der Waals surface area contributed by atoms with Crippen molar-refractivity contribution in [2.24, 2.45) is 0 Å². The number of para-hydroxylation sites is 3. The van der Waals surface area contributed by atoms with E-state index in [-0.39, 0.29) is 0 Å². The molecule has 0 atom stereocenters. The average molecular weight is 263 g/mol. The predicted molar refractivity (Wildman–Crippen MR) is 81.8 cm³/mol. The Balaban J connectivity index is 1.67. The molecule has 1 heterocycles. The van der Waals surface area contributed by atoms with E-state index in [4.69, 9.17) is 4.98 Å². The van der Waals surface area contributed by atoms with Crippen LogP contribution in [0, 0.1) is 0 Å². The number of hydrogen-bond acceptors (Lipinski definition) is 2. The smallest absolute Gasteiger partial charge is 0.129 e. The highest BCUT2D eigenvalue weighted by atomic mass is 15.1. The molecule has 3 nitrogen and oxygen atoms in total. The minimum Gasteiger partial charge on any atom is -0.378 e. The van der Waals surface area contributed by atoms with Crippen LogP contribution < -0.4 is 5.32 Å². The first-order valence-corrected chi connectivity index (χ1v) is 7.16. The highest BCUT2D eigenvalue weighted by Gasteiger charge is 2.27. The minimum atomic E-state index is 0.648. The Morgan fingerprint density at radius 1 is 1.00 bits per heavy atom. The quantitative estimate of drug-likeness (QED) is 0.771. The van der Waals surface area contributed by atoms with Crippen LogP contribution in [0.2, 0.25) is 0 Å². The first-order valence-electron chi connectivity index (χ1n) is 7.16. The lowest BCUT2D eigenvalue weighted by atomic mass is 10.3. The molecule has 20 heavy (non-hydrogen) atoms. The third kappa shape index (κ3) is 2.05. The van der Waals surface area contributed by atoms with E-state index < -0.39 is 0 Å². The summed E-state index contributed by atoms with van der Waals surface area (Å²) >= 11 is 0. The molecular weight excluding hydrogens is 246 g/mol. The average Bonchev–Trinajstić information content (AvgIpc) is 3.27. The van der Waals surface area contributed by atoms with E-state index in [1.54, 1.807) is 0 Å². The fourth-order valence-electron chi connectivity index (χ4n) is 2.70. The van der Waals surface area contributed by atoms with Gasteiger partial charge in [-0.25, -0.2) is 4.98 Å². The number of benzene rings is 2. The lowest BCUT2D eigenvalue weighted by Crippen LogP contribution is -2.07. The molecule has 3 aromatic rings. The van der Waals surface area contributed by atoms with E-state index in [0.29, 0.717) is 6.04 Å². The summed E-state index contributed by atoms with van der Waals surface area (Å²) in [5.74, 6) is 1.14. The first-order chi connectivity index (χ1) is 9.92. The van der Waals surface area contributed by atoms with Crippen LogP contribution in [0.3, 0.4) is 0 Å². The monoisotopic (exact) mass is 263 g/mol. The van der Waals surface area contributed by atoms with Gasteiger partial charge in [0.15, 0.2) is 0 Å². The summed E-state index contributed by atoms with van der Waals surface area (Å²) in [7, 11) is 0. The SMILES string of the molecule is c1ccc(NCc2nc3ccccc3n2C2CC2)cc1. The van der Waals surface area contributed by atoms with E-state index in [1.807, 2.05) is 18.2 Å². The number of imidazole rings is 1. The Kier molecular flexibility index (Phi) is 2.69. The molecule has 4 rings (SSSR count). The van der Waals surface area contributed by atoms with Crippen LogP contribution in [0.5, 0.6) is 0 Å². The molecule has 0 spiro atoms. The Morgan fingerprint density at radius 3 is 2.55 bits per heavy atom. The van der Waals surface area contributed by atoms with Gasteiger partial charge in [0.25, 0.3) is 0 Å². The van der Waals surface area contributed by atoms with Gasteiger partial charge in [0, 0.05) is 11.7 Å². The molecule has 0 radical (unpaired) electrons. The maximum absolute atomic E-state index is 4.79. The second-order valence-corrected chi connectivity index (χ2v) is 5.34. The first kappa shape index (κ1) is 11.5. The largest absolute Gasteiger partial charge is 0.378 e. The predicted octanol–water partition coefficient (Wildman–Crippen LogP) is 3.98. The van der Waals surface area contributed by atoms with E-state index >= 15 is 0 Å². The van der Waals surface area contributed by atoms with Crippen molar-refractivity contribution in [2.45, 2.75) is 25.4 Å². The lowest BCUT2D eigenvalue weighted by Gasteiger charge is -2.09. The molecule has 0 aliphatic heterocycles. The van der Waals surface area contributed by atoms with Crippen LogP contribution in [0.25, 0.3) is 11.0 Å². The Bertz CT molecular complexity index is 726. The van der Waals surface area contributed by atoms with Gasteiger partial charge < -0.3 is 9.88 Å². The molecule has 0 unspecified atom stereocenters. The molecule has 3 heteroatoms. The summed E-state index contributed by atoms with van der Waals surface area (Å²) in [6.45, 7) is 0.773. The Hall–Kier alpha value is -2.29. The van der Waals surface area contributed by atoms with Crippen molar-refractivity contribution < 1.29 is 0 Å². The number of anilines is 1. The molecule has 1 aliphatic carbocycles. The number of nitrogens with zero attached hydrogens (tertiary/aromatic N) is 2. The fourth-order valence-corrected chi connectivity index (χ4v) is 2.70. The van der Waals surface area contributed by atoms with Gasteiger partial charge in [0.1, 0.15) is 5.82 Å². The summed E-state index contributed by atoms with van der Waals surface area (Å²) in [6.07, 6.45) is 2.55. The maximum atomic E-state index is 4.79. The number of hydrogen-bond donors (Lipinski definition) is 1. The van der Waals surface area contributed by atoms with Crippen LogP contribution >= 0.6 is 0 Å².